The lowest BCUT2D eigenvalue weighted by Crippen LogP contribution is -2.33. The molecule has 0 saturated heterocycles. The Labute approximate surface area is 217 Å². The van der Waals surface area contributed by atoms with Gasteiger partial charge in [-0.2, -0.15) is 0 Å². The maximum atomic E-state index is 13.0. The van der Waals surface area contributed by atoms with E-state index in [1.165, 1.54) is 10.5 Å². The summed E-state index contributed by atoms with van der Waals surface area (Å²) >= 11 is 1.73. The second-order valence-corrected chi connectivity index (χ2v) is 11.2. The molecule has 3 aromatic rings. The summed E-state index contributed by atoms with van der Waals surface area (Å²) in [5.41, 5.74) is 3.51. The molecule has 4 rings (SSSR count). The zero-order valence-corrected chi connectivity index (χ0v) is 22.3. The summed E-state index contributed by atoms with van der Waals surface area (Å²) in [7, 11) is -3.51. The van der Waals surface area contributed by atoms with Crippen molar-refractivity contribution in [2.24, 2.45) is 0 Å². The number of thioether (sulfide) groups is 1. The fraction of sp³-hybridized carbons (Fsp3) is 0.296. The minimum absolute atomic E-state index is 0.175. The van der Waals surface area contributed by atoms with Crippen LogP contribution in [0.1, 0.15) is 31.4 Å². The molecule has 0 N–H and O–H groups in total. The Hall–Kier alpha value is -2.45. The molecule has 2 heterocycles. The highest BCUT2D eigenvalue weighted by molar-refractivity contribution is 8.03. The highest BCUT2D eigenvalue weighted by atomic mass is 32.2. The normalized spacial score (nSPS) is 14.4. The van der Waals surface area contributed by atoms with Crippen molar-refractivity contribution in [3.8, 4) is 0 Å². The molecule has 1 aromatic heterocycles. The lowest BCUT2D eigenvalue weighted by Gasteiger charge is -2.22. The predicted molar refractivity (Wildman–Crippen MR) is 142 cm³/mol. The number of benzene rings is 2. The van der Waals surface area contributed by atoms with E-state index < -0.39 is 7.60 Å². The van der Waals surface area contributed by atoms with Gasteiger partial charge in [-0.3, -0.25) is 4.57 Å². The molecule has 0 fully saturated rings. The van der Waals surface area contributed by atoms with Crippen molar-refractivity contribution in [1.29, 1.82) is 0 Å². The first kappa shape index (κ1) is 26.6. The van der Waals surface area contributed by atoms with E-state index in [0.717, 1.165) is 22.8 Å². The Morgan fingerprint density at radius 2 is 1.58 bits per heavy atom. The minimum Gasteiger partial charge on any atom is -0.335 e. The van der Waals surface area contributed by atoms with Gasteiger partial charge in [-0.15, -0.1) is 9.35 Å². The molecular formula is C27H32N2O5PS+. The van der Waals surface area contributed by atoms with Crippen LogP contribution >= 0.6 is 19.4 Å². The van der Waals surface area contributed by atoms with Gasteiger partial charge in [-0.1, -0.05) is 54.2 Å². The van der Waals surface area contributed by atoms with Crippen molar-refractivity contribution >= 4 is 31.1 Å². The molecule has 2 aromatic carbocycles. The van der Waals surface area contributed by atoms with Gasteiger partial charge in [0.2, 0.25) is 0 Å². The number of nitrogens with zero attached hydrogens (tertiary/aromatic N) is 2. The van der Waals surface area contributed by atoms with Crippen LogP contribution in [0.3, 0.4) is 0 Å². The van der Waals surface area contributed by atoms with Crippen molar-refractivity contribution < 1.29 is 28.3 Å². The smallest absolute Gasteiger partial charge is 0.335 e. The zero-order valence-electron chi connectivity index (χ0n) is 20.6. The summed E-state index contributed by atoms with van der Waals surface area (Å²) in [6, 6.07) is 23.0. The summed E-state index contributed by atoms with van der Waals surface area (Å²) in [6.45, 7) is 5.53. The zero-order chi connectivity index (χ0) is 25.2. The van der Waals surface area contributed by atoms with Gasteiger partial charge in [0, 0.05) is 29.1 Å². The summed E-state index contributed by atoms with van der Waals surface area (Å²) in [4.78, 5) is 13.3. The lowest BCUT2D eigenvalue weighted by molar-refractivity contribution is -0.688. The Kier molecular flexibility index (Phi) is 9.75. The monoisotopic (exact) mass is 527 g/mol. The van der Waals surface area contributed by atoms with Crippen molar-refractivity contribution in [2.75, 3.05) is 30.8 Å². The number of hydrogen-bond donors (Lipinski definition) is 0. The summed E-state index contributed by atoms with van der Waals surface area (Å²) in [5, 5.41) is 1.11. The van der Waals surface area contributed by atoms with Crippen LogP contribution in [-0.2, 0) is 30.2 Å². The fourth-order valence-electron chi connectivity index (χ4n) is 3.77. The van der Waals surface area contributed by atoms with Crippen LogP contribution in [0.5, 0.6) is 0 Å². The first-order valence-corrected chi connectivity index (χ1v) is 14.7. The summed E-state index contributed by atoms with van der Waals surface area (Å²) in [5.74, 6) is 0. The largest absolute Gasteiger partial charge is 0.384 e. The van der Waals surface area contributed by atoms with Crippen LogP contribution in [-0.4, -0.2) is 25.9 Å². The molecule has 36 heavy (non-hydrogen) atoms. The van der Waals surface area contributed by atoms with Crippen molar-refractivity contribution in [1.82, 2.24) is 0 Å². The predicted octanol–water partition coefficient (Wildman–Crippen LogP) is 6.45. The molecule has 0 radical (unpaired) electrons. The van der Waals surface area contributed by atoms with Gasteiger partial charge in [-0.25, -0.2) is 14.3 Å². The van der Waals surface area contributed by atoms with Crippen LogP contribution in [0.15, 0.2) is 89.0 Å². The van der Waals surface area contributed by atoms with E-state index in [1.54, 1.807) is 25.6 Å². The molecule has 0 amide bonds. The van der Waals surface area contributed by atoms with Crippen LogP contribution in [0.2, 0.25) is 0 Å². The molecule has 0 aliphatic carbocycles. The van der Waals surface area contributed by atoms with Gasteiger partial charge in [-0.05, 0) is 44.0 Å². The van der Waals surface area contributed by atoms with E-state index in [2.05, 4.69) is 76.5 Å². The van der Waals surface area contributed by atoms with Crippen molar-refractivity contribution in [3.05, 3.63) is 95.3 Å². The number of fused-ring (bicyclic) bond motifs is 1. The van der Waals surface area contributed by atoms with E-state index in [0.29, 0.717) is 13.0 Å². The van der Waals surface area contributed by atoms with Crippen LogP contribution in [0.4, 0.5) is 5.69 Å². The molecule has 190 valence electrons. The molecule has 9 heteroatoms. The molecule has 0 bridgehead atoms. The highest BCUT2D eigenvalue weighted by Gasteiger charge is 2.30. The molecule has 1 aliphatic heterocycles. The van der Waals surface area contributed by atoms with E-state index in [9.17, 15) is 4.57 Å². The van der Waals surface area contributed by atoms with E-state index in [-0.39, 0.29) is 19.4 Å². The number of aromatic nitrogens is 1. The van der Waals surface area contributed by atoms with E-state index in [4.69, 9.17) is 19.1 Å². The molecule has 0 unspecified atom stereocenters. The van der Waals surface area contributed by atoms with Crippen molar-refractivity contribution in [3.63, 3.8) is 0 Å². The number of anilines is 1. The number of hydrogen-bond acceptors (Lipinski definition) is 7. The Morgan fingerprint density at radius 3 is 2.28 bits per heavy atom. The van der Waals surface area contributed by atoms with Gasteiger partial charge in [0.15, 0.2) is 18.9 Å². The number of rotatable bonds is 13. The quantitative estimate of drug-likeness (QED) is 0.110. The maximum absolute atomic E-state index is 13.0. The second kappa shape index (κ2) is 13.2. The SMILES string of the molecule is CCOOP(=O)(CCCN1/C(=C/c2cc[n+](Cc3ccccc3)cc2)Sc2ccccc21)OOCC. The number of pyridine rings is 1. The average Bonchev–Trinajstić information content (AvgIpc) is 3.25. The Morgan fingerprint density at radius 1 is 0.917 bits per heavy atom. The third-order valence-corrected chi connectivity index (χ3v) is 8.08. The molecular weight excluding hydrogens is 495 g/mol. The van der Waals surface area contributed by atoms with Gasteiger partial charge < -0.3 is 4.90 Å². The first-order valence-electron chi connectivity index (χ1n) is 12.1. The third kappa shape index (κ3) is 7.29. The van der Waals surface area contributed by atoms with Gasteiger partial charge in [0.25, 0.3) is 0 Å². The molecule has 7 nitrogen and oxygen atoms in total. The fourth-order valence-corrected chi connectivity index (χ4v) is 6.16. The third-order valence-electron chi connectivity index (χ3n) is 5.43. The maximum Gasteiger partial charge on any atom is 0.384 e. The Balaban J connectivity index is 1.46. The number of para-hydroxylation sites is 1. The van der Waals surface area contributed by atoms with Gasteiger partial charge in [0.05, 0.1) is 30.1 Å². The van der Waals surface area contributed by atoms with E-state index in [1.807, 2.05) is 18.2 Å². The molecule has 1 aliphatic rings. The van der Waals surface area contributed by atoms with E-state index >= 15 is 0 Å². The summed E-state index contributed by atoms with van der Waals surface area (Å²) in [6.07, 6.45) is 7.13. The molecule has 0 spiro atoms. The van der Waals surface area contributed by atoms with Crippen LogP contribution in [0, 0.1) is 0 Å². The topological polar surface area (TPSA) is 61.1 Å². The van der Waals surface area contributed by atoms with Crippen LogP contribution in [0.25, 0.3) is 6.08 Å². The first-order chi connectivity index (χ1) is 17.6. The van der Waals surface area contributed by atoms with Gasteiger partial charge >= 0.3 is 7.60 Å². The van der Waals surface area contributed by atoms with Crippen molar-refractivity contribution in [2.45, 2.75) is 31.7 Å². The highest BCUT2D eigenvalue weighted by Crippen LogP contribution is 2.50. The standard InChI is InChI=1S/C27H32N2O5PS/c1-3-31-33-35(30,34-32-4-2)20-10-17-29-25-13-8-9-14-26(25)36-27(29)21-23-15-18-28(19-16-23)22-24-11-6-5-7-12-24/h5-9,11-16,18-19,21H,3-4,10,17,20,22H2,1-2H3/q+1. The van der Waals surface area contributed by atoms with Crippen LogP contribution < -0.4 is 9.47 Å². The summed E-state index contributed by atoms with van der Waals surface area (Å²) < 4.78 is 25.2. The molecule has 0 saturated carbocycles. The lowest BCUT2D eigenvalue weighted by atomic mass is 10.2. The average molecular weight is 528 g/mol. The Bertz CT molecular complexity index is 1180. The van der Waals surface area contributed by atoms with Gasteiger partial charge in [0.1, 0.15) is 0 Å². The molecule has 0 atom stereocenters. The minimum atomic E-state index is -3.51. The second-order valence-electron chi connectivity index (χ2n) is 8.14.